The zero-order valence-corrected chi connectivity index (χ0v) is 13.5. The van der Waals surface area contributed by atoms with Gasteiger partial charge in [0.1, 0.15) is 0 Å². The molecule has 2 rings (SSSR count). The molecule has 2 aromatic rings. The molecular formula is C17H20ClNS. The first-order chi connectivity index (χ1) is 9.66. The van der Waals surface area contributed by atoms with Crippen LogP contribution < -0.4 is 5.32 Å². The van der Waals surface area contributed by atoms with Crippen LogP contribution in [0, 0.1) is 5.92 Å². The number of benzene rings is 2. The minimum atomic E-state index is 0.641. The Morgan fingerprint density at radius 3 is 2.50 bits per heavy atom. The van der Waals surface area contributed by atoms with Crippen LogP contribution in [0.15, 0.2) is 58.3 Å². The van der Waals surface area contributed by atoms with Crippen molar-refractivity contribution in [2.75, 3.05) is 6.54 Å². The van der Waals surface area contributed by atoms with Crippen LogP contribution in [0.1, 0.15) is 19.4 Å². The highest BCUT2D eigenvalue weighted by molar-refractivity contribution is 7.99. The van der Waals surface area contributed by atoms with Crippen molar-refractivity contribution < 1.29 is 0 Å². The van der Waals surface area contributed by atoms with Gasteiger partial charge in [0.25, 0.3) is 0 Å². The van der Waals surface area contributed by atoms with Crippen LogP contribution in [0.5, 0.6) is 0 Å². The summed E-state index contributed by atoms with van der Waals surface area (Å²) >= 11 is 8.12. The number of nitrogens with one attached hydrogen (secondary N) is 1. The maximum Gasteiger partial charge on any atom is 0.0462 e. The fourth-order valence-corrected chi connectivity index (χ4v) is 3.20. The number of halogens is 1. The molecule has 2 aromatic carbocycles. The second-order valence-corrected chi connectivity index (χ2v) is 6.68. The predicted molar refractivity (Wildman–Crippen MR) is 88.6 cm³/mol. The SMILES string of the molecule is CC(C)CNCc1c(Cl)cccc1Sc1ccccc1. The van der Waals surface area contributed by atoms with Crippen LogP contribution >= 0.6 is 23.4 Å². The van der Waals surface area contributed by atoms with Gasteiger partial charge in [-0.1, -0.05) is 61.5 Å². The number of hydrogen-bond donors (Lipinski definition) is 1. The quantitative estimate of drug-likeness (QED) is 0.783. The summed E-state index contributed by atoms with van der Waals surface area (Å²) in [6.45, 7) is 6.23. The molecule has 0 saturated carbocycles. The molecule has 0 aliphatic carbocycles. The summed E-state index contributed by atoms with van der Waals surface area (Å²) in [4.78, 5) is 2.46. The summed E-state index contributed by atoms with van der Waals surface area (Å²) in [7, 11) is 0. The van der Waals surface area contributed by atoms with Crippen molar-refractivity contribution >= 4 is 23.4 Å². The van der Waals surface area contributed by atoms with E-state index in [2.05, 4.69) is 49.5 Å². The maximum absolute atomic E-state index is 6.36. The van der Waals surface area contributed by atoms with E-state index in [0.717, 1.165) is 18.1 Å². The molecule has 20 heavy (non-hydrogen) atoms. The molecule has 0 atom stereocenters. The zero-order valence-electron chi connectivity index (χ0n) is 11.9. The van der Waals surface area contributed by atoms with Crippen LogP contribution in [0.2, 0.25) is 5.02 Å². The highest BCUT2D eigenvalue weighted by Gasteiger charge is 2.08. The summed E-state index contributed by atoms with van der Waals surface area (Å²) in [5.41, 5.74) is 1.18. The fourth-order valence-electron chi connectivity index (χ4n) is 1.91. The topological polar surface area (TPSA) is 12.0 Å². The van der Waals surface area contributed by atoms with E-state index < -0.39 is 0 Å². The van der Waals surface area contributed by atoms with Crippen molar-refractivity contribution in [1.29, 1.82) is 0 Å². The van der Waals surface area contributed by atoms with Crippen LogP contribution in [-0.4, -0.2) is 6.54 Å². The molecule has 3 heteroatoms. The maximum atomic E-state index is 6.36. The molecule has 0 bridgehead atoms. The lowest BCUT2D eigenvalue weighted by molar-refractivity contribution is 0.550. The molecule has 0 radical (unpaired) electrons. The lowest BCUT2D eigenvalue weighted by Crippen LogP contribution is -2.19. The molecular weight excluding hydrogens is 286 g/mol. The second kappa shape index (κ2) is 7.72. The average Bonchev–Trinajstić information content (AvgIpc) is 2.43. The normalized spacial score (nSPS) is 11.0. The van der Waals surface area contributed by atoms with Gasteiger partial charge in [-0.05, 0) is 42.3 Å². The molecule has 1 nitrogen and oxygen atoms in total. The summed E-state index contributed by atoms with van der Waals surface area (Å²) < 4.78 is 0. The van der Waals surface area contributed by atoms with Crippen molar-refractivity contribution in [2.45, 2.75) is 30.2 Å². The Kier molecular flexibility index (Phi) is 5.96. The van der Waals surface area contributed by atoms with E-state index in [1.54, 1.807) is 11.8 Å². The van der Waals surface area contributed by atoms with Gasteiger partial charge in [0.2, 0.25) is 0 Å². The lowest BCUT2D eigenvalue weighted by atomic mass is 10.2. The third-order valence-corrected chi connectivity index (χ3v) is 4.37. The monoisotopic (exact) mass is 305 g/mol. The Balaban J connectivity index is 2.13. The Morgan fingerprint density at radius 1 is 1.05 bits per heavy atom. The fraction of sp³-hybridized carbons (Fsp3) is 0.294. The largest absolute Gasteiger partial charge is 0.312 e. The first-order valence-corrected chi connectivity index (χ1v) is 8.07. The van der Waals surface area contributed by atoms with E-state index in [1.807, 2.05) is 18.2 Å². The van der Waals surface area contributed by atoms with Crippen LogP contribution in [0.4, 0.5) is 0 Å². The van der Waals surface area contributed by atoms with E-state index in [1.165, 1.54) is 15.4 Å². The molecule has 0 aliphatic rings. The Bertz CT molecular complexity index is 540. The summed E-state index contributed by atoms with van der Waals surface area (Å²) in [6.07, 6.45) is 0. The Morgan fingerprint density at radius 2 is 1.80 bits per heavy atom. The third-order valence-electron chi connectivity index (χ3n) is 2.90. The van der Waals surface area contributed by atoms with Gasteiger partial charge >= 0.3 is 0 Å². The van der Waals surface area contributed by atoms with Crippen molar-refractivity contribution in [3.63, 3.8) is 0 Å². The van der Waals surface area contributed by atoms with Crippen molar-refractivity contribution in [3.8, 4) is 0 Å². The van der Waals surface area contributed by atoms with E-state index >= 15 is 0 Å². The van der Waals surface area contributed by atoms with Crippen LogP contribution in [-0.2, 0) is 6.54 Å². The highest BCUT2D eigenvalue weighted by atomic mass is 35.5. The molecule has 0 aliphatic heterocycles. The average molecular weight is 306 g/mol. The van der Waals surface area contributed by atoms with Crippen molar-refractivity contribution in [3.05, 3.63) is 59.1 Å². The van der Waals surface area contributed by atoms with Crippen LogP contribution in [0.25, 0.3) is 0 Å². The smallest absolute Gasteiger partial charge is 0.0462 e. The van der Waals surface area contributed by atoms with Gasteiger partial charge in [0.15, 0.2) is 0 Å². The standard InChI is InChI=1S/C17H20ClNS/c1-13(2)11-19-12-15-16(18)9-6-10-17(15)20-14-7-4-3-5-8-14/h3-10,13,19H,11-12H2,1-2H3. The molecule has 0 unspecified atom stereocenters. The number of hydrogen-bond acceptors (Lipinski definition) is 2. The summed E-state index contributed by atoms with van der Waals surface area (Å²) in [5.74, 6) is 0.641. The van der Waals surface area contributed by atoms with Crippen molar-refractivity contribution in [2.24, 2.45) is 5.92 Å². The molecule has 0 saturated heterocycles. The van der Waals surface area contributed by atoms with E-state index in [9.17, 15) is 0 Å². The Hall–Kier alpha value is -0.960. The predicted octanol–water partition coefficient (Wildman–Crippen LogP) is 5.24. The molecule has 1 N–H and O–H groups in total. The highest BCUT2D eigenvalue weighted by Crippen LogP contribution is 2.33. The first kappa shape index (κ1) is 15.4. The van der Waals surface area contributed by atoms with Gasteiger partial charge < -0.3 is 5.32 Å². The minimum absolute atomic E-state index is 0.641. The van der Waals surface area contributed by atoms with Crippen molar-refractivity contribution in [1.82, 2.24) is 5.32 Å². The summed E-state index contributed by atoms with van der Waals surface area (Å²) in [6, 6.07) is 16.5. The van der Waals surface area contributed by atoms with Crippen LogP contribution in [0.3, 0.4) is 0 Å². The molecule has 0 spiro atoms. The molecule has 0 amide bonds. The van der Waals surface area contributed by atoms with Gasteiger partial charge in [-0.3, -0.25) is 0 Å². The molecule has 0 aromatic heterocycles. The minimum Gasteiger partial charge on any atom is -0.312 e. The lowest BCUT2D eigenvalue weighted by Gasteiger charge is -2.13. The van der Waals surface area contributed by atoms with E-state index in [-0.39, 0.29) is 0 Å². The van der Waals surface area contributed by atoms with Gasteiger partial charge in [-0.25, -0.2) is 0 Å². The summed E-state index contributed by atoms with van der Waals surface area (Å²) in [5, 5.41) is 4.31. The number of rotatable bonds is 6. The van der Waals surface area contributed by atoms with Gasteiger partial charge in [0.05, 0.1) is 0 Å². The van der Waals surface area contributed by atoms with Gasteiger partial charge in [-0.2, -0.15) is 0 Å². The second-order valence-electron chi connectivity index (χ2n) is 5.16. The molecule has 0 fully saturated rings. The van der Waals surface area contributed by atoms with E-state index in [4.69, 9.17) is 11.6 Å². The van der Waals surface area contributed by atoms with Gasteiger partial charge in [-0.15, -0.1) is 0 Å². The third kappa shape index (κ3) is 4.55. The Labute approximate surface area is 130 Å². The molecule has 0 heterocycles. The van der Waals surface area contributed by atoms with E-state index in [0.29, 0.717) is 5.92 Å². The first-order valence-electron chi connectivity index (χ1n) is 6.88. The zero-order chi connectivity index (χ0) is 14.4. The molecule has 106 valence electrons. The van der Waals surface area contributed by atoms with Gasteiger partial charge in [0, 0.05) is 21.4 Å².